The van der Waals surface area contributed by atoms with Crippen LogP contribution in [0.15, 0.2) is 52.2 Å². The van der Waals surface area contributed by atoms with Gasteiger partial charge >= 0.3 is 0 Å². The smallest absolute Gasteiger partial charge is 0.234 e. The summed E-state index contributed by atoms with van der Waals surface area (Å²) in [7, 11) is 0. The number of benzene rings is 1. The molecule has 3 aromatic rings. The number of anilines is 2. The summed E-state index contributed by atoms with van der Waals surface area (Å²) in [6.45, 7) is 7.25. The van der Waals surface area contributed by atoms with Crippen molar-refractivity contribution >= 4 is 29.0 Å². The molecule has 0 aliphatic carbocycles. The fourth-order valence-electron chi connectivity index (χ4n) is 3.75. The first-order valence-electron chi connectivity index (χ1n) is 10.8. The number of furan rings is 1. The van der Waals surface area contributed by atoms with Gasteiger partial charge in [-0.2, -0.15) is 0 Å². The summed E-state index contributed by atoms with van der Waals surface area (Å²) >= 11 is 1.39. The molecule has 7 nitrogen and oxygen atoms in total. The van der Waals surface area contributed by atoms with Gasteiger partial charge in [0.25, 0.3) is 0 Å². The predicted molar refractivity (Wildman–Crippen MR) is 124 cm³/mol. The Hall–Kier alpha value is -2.74. The van der Waals surface area contributed by atoms with Crippen molar-refractivity contribution in [3.05, 3.63) is 42.7 Å². The number of carbonyl (C=O) groups is 1. The molecule has 31 heavy (non-hydrogen) atoms. The van der Waals surface area contributed by atoms with Crippen LogP contribution in [0.2, 0.25) is 0 Å². The molecule has 1 aromatic carbocycles. The van der Waals surface area contributed by atoms with Crippen LogP contribution in [0, 0.1) is 5.92 Å². The zero-order chi connectivity index (χ0) is 21.6. The minimum atomic E-state index is -0.0608. The topological polar surface area (TPSA) is 76.2 Å². The van der Waals surface area contributed by atoms with Crippen LogP contribution >= 0.6 is 11.8 Å². The van der Waals surface area contributed by atoms with Gasteiger partial charge in [0.2, 0.25) is 5.91 Å². The van der Waals surface area contributed by atoms with Gasteiger partial charge in [0.05, 0.1) is 12.0 Å². The van der Waals surface area contributed by atoms with Crippen molar-refractivity contribution in [3.63, 3.8) is 0 Å². The van der Waals surface area contributed by atoms with Gasteiger partial charge in [0, 0.05) is 31.0 Å². The molecular weight excluding hydrogens is 410 g/mol. The summed E-state index contributed by atoms with van der Waals surface area (Å²) in [5.41, 5.74) is 2.03. The maximum Gasteiger partial charge on any atom is 0.234 e. The Bertz CT molecular complexity index is 976. The maximum absolute atomic E-state index is 12.5. The van der Waals surface area contributed by atoms with Gasteiger partial charge in [-0.05, 0) is 61.6 Å². The molecule has 1 aliphatic heterocycles. The van der Waals surface area contributed by atoms with E-state index >= 15 is 0 Å². The summed E-state index contributed by atoms with van der Waals surface area (Å²) in [6.07, 6.45) is 5.44. The molecule has 1 saturated heterocycles. The lowest BCUT2D eigenvalue weighted by atomic mass is 10.1. The minimum Gasteiger partial charge on any atom is -0.461 e. The van der Waals surface area contributed by atoms with Crippen LogP contribution in [0.5, 0.6) is 0 Å². The Balaban J connectivity index is 1.36. The summed E-state index contributed by atoms with van der Waals surface area (Å²) in [6, 6.07) is 11.8. The van der Waals surface area contributed by atoms with E-state index in [2.05, 4.69) is 46.4 Å². The Morgan fingerprint density at radius 2 is 1.90 bits per heavy atom. The van der Waals surface area contributed by atoms with Crippen molar-refractivity contribution in [1.82, 2.24) is 14.8 Å². The van der Waals surface area contributed by atoms with Crippen molar-refractivity contribution in [2.45, 2.75) is 44.8 Å². The maximum atomic E-state index is 12.5. The average Bonchev–Trinajstić information content (AvgIpc) is 3.43. The molecule has 1 N–H and O–H groups in total. The Morgan fingerprint density at radius 3 is 2.58 bits per heavy atom. The number of carbonyl (C=O) groups excluding carboxylic acids is 1. The van der Waals surface area contributed by atoms with Gasteiger partial charge in [0.1, 0.15) is 0 Å². The molecule has 0 spiro atoms. The van der Waals surface area contributed by atoms with Crippen LogP contribution in [0.1, 0.15) is 33.1 Å². The summed E-state index contributed by atoms with van der Waals surface area (Å²) in [4.78, 5) is 14.9. The van der Waals surface area contributed by atoms with Gasteiger partial charge < -0.3 is 14.6 Å². The van der Waals surface area contributed by atoms with E-state index in [9.17, 15) is 4.79 Å². The van der Waals surface area contributed by atoms with Crippen LogP contribution in [-0.4, -0.2) is 39.5 Å². The molecule has 4 rings (SSSR count). The quantitative estimate of drug-likeness (QED) is 0.502. The molecule has 164 valence electrons. The number of nitrogens with one attached hydrogen (secondary N) is 1. The van der Waals surface area contributed by atoms with Crippen molar-refractivity contribution < 1.29 is 9.21 Å². The molecule has 0 saturated carbocycles. The molecule has 0 unspecified atom stereocenters. The molecule has 1 aliphatic rings. The number of hydrogen-bond acceptors (Lipinski definition) is 6. The summed E-state index contributed by atoms with van der Waals surface area (Å²) in [5, 5.41) is 12.3. The van der Waals surface area contributed by atoms with E-state index in [1.807, 2.05) is 28.8 Å². The van der Waals surface area contributed by atoms with Gasteiger partial charge in [-0.3, -0.25) is 9.36 Å². The van der Waals surface area contributed by atoms with Crippen molar-refractivity contribution in [2.75, 3.05) is 29.1 Å². The lowest BCUT2D eigenvalue weighted by Gasteiger charge is -2.28. The molecule has 0 radical (unpaired) electrons. The predicted octanol–water partition coefficient (Wildman–Crippen LogP) is 4.92. The number of amides is 1. The highest BCUT2D eigenvalue weighted by atomic mass is 32.2. The van der Waals surface area contributed by atoms with Gasteiger partial charge in [-0.15, -0.1) is 10.2 Å². The third-order valence-corrected chi connectivity index (χ3v) is 6.18. The largest absolute Gasteiger partial charge is 0.461 e. The van der Waals surface area contributed by atoms with Crippen molar-refractivity contribution in [1.29, 1.82) is 0 Å². The first kappa shape index (κ1) is 21.5. The van der Waals surface area contributed by atoms with Crippen LogP contribution in [0.4, 0.5) is 11.4 Å². The van der Waals surface area contributed by atoms with E-state index in [0.29, 0.717) is 17.5 Å². The highest BCUT2D eigenvalue weighted by molar-refractivity contribution is 7.99. The number of thioether (sulfide) groups is 1. The van der Waals surface area contributed by atoms with Crippen LogP contribution in [0.3, 0.4) is 0 Å². The Morgan fingerprint density at radius 1 is 1.13 bits per heavy atom. The third-order valence-electron chi connectivity index (χ3n) is 5.21. The van der Waals surface area contributed by atoms with Gasteiger partial charge in [-0.1, -0.05) is 25.6 Å². The van der Waals surface area contributed by atoms with Crippen molar-refractivity contribution in [2.24, 2.45) is 5.92 Å². The van der Waals surface area contributed by atoms with E-state index in [1.165, 1.54) is 36.7 Å². The summed E-state index contributed by atoms with van der Waals surface area (Å²) < 4.78 is 7.52. The molecule has 0 bridgehead atoms. The number of rotatable bonds is 8. The molecule has 1 amide bonds. The van der Waals surface area contributed by atoms with Crippen LogP contribution < -0.4 is 10.2 Å². The van der Waals surface area contributed by atoms with Crippen LogP contribution in [-0.2, 0) is 11.3 Å². The third kappa shape index (κ3) is 5.50. The lowest BCUT2D eigenvalue weighted by molar-refractivity contribution is -0.113. The second-order valence-electron chi connectivity index (χ2n) is 8.22. The Labute approximate surface area is 187 Å². The second kappa shape index (κ2) is 10.0. The van der Waals surface area contributed by atoms with Crippen LogP contribution in [0.25, 0.3) is 11.6 Å². The number of aromatic nitrogens is 3. The normalized spacial score (nSPS) is 14.2. The molecule has 1 fully saturated rings. The molecule has 0 atom stereocenters. The lowest BCUT2D eigenvalue weighted by Crippen LogP contribution is -2.29. The molecule has 3 heterocycles. The standard InChI is InChI=1S/C23H29N5O2S/c1-17(2)15-28-22(20-7-6-14-30-20)25-26-23(28)31-16-21(29)24-18-8-10-19(11-9-18)27-12-4-3-5-13-27/h6-11,14,17H,3-5,12-13,15-16H2,1-2H3,(H,24,29). The highest BCUT2D eigenvalue weighted by Gasteiger charge is 2.18. The molecule has 8 heteroatoms. The SMILES string of the molecule is CC(C)Cn1c(SCC(=O)Nc2ccc(N3CCCCC3)cc2)nnc1-c1ccco1. The van der Waals surface area contributed by atoms with E-state index in [0.717, 1.165) is 30.5 Å². The minimum absolute atomic E-state index is 0.0608. The number of nitrogens with zero attached hydrogens (tertiary/aromatic N) is 4. The summed E-state index contributed by atoms with van der Waals surface area (Å²) in [5.74, 6) is 1.99. The highest BCUT2D eigenvalue weighted by Crippen LogP contribution is 2.26. The monoisotopic (exact) mass is 439 g/mol. The zero-order valence-corrected chi connectivity index (χ0v) is 18.9. The van der Waals surface area contributed by atoms with Gasteiger partial charge in [0.15, 0.2) is 16.7 Å². The van der Waals surface area contributed by atoms with Crippen molar-refractivity contribution in [3.8, 4) is 11.6 Å². The fourth-order valence-corrected chi connectivity index (χ4v) is 4.50. The zero-order valence-electron chi connectivity index (χ0n) is 18.1. The van der Waals surface area contributed by atoms with E-state index in [-0.39, 0.29) is 11.7 Å². The van der Waals surface area contributed by atoms with Gasteiger partial charge in [-0.25, -0.2) is 0 Å². The first-order valence-corrected chi connectivity index (χ1v) is 11.8. The molecule has 2 aromatic heterocycles. The molecular formula is C23H29N5O2S. The second-order valence-corrected chi connectivity index (χ2v) is 9.16. The fraction of sp³-hybridized carbons (Fsp3) is 0.435. The Kier molecular flexibility index (Phi) is 6.96. The van der Waals surface area contributed by atoms with E-state index < -0.39 is 0 Å². The number of piperidine rings is 1. The van der Waals surface area contributed by atoms with E-state index in [1.54, 1.807) is 6.26 Å². The van der Waals surface area contributed by atoms with E-state index in [4.69, 9.17) is 4.42 Å². The first-order chi connectivity index (χ1) is 15.1. The number of hydrogen-bond donors (Lipinski definition) is 1. The average molecular weight is 440 g/mol.